The van der Waals surface area contributed by atoms with Crippen LogP contribution in [-0.4, -0.2) is 25.7 Å². The number of hydrogen-bond donors (Lipinski definition) is 1. The summed E-state index contributed by atoms with van der Waals surface area (Å²) in [7, 11) is 0. The first kappa shape index (κ1) is 15.1. The number of nitrogens with one attached hydrogen (secondary N) is 1. The van der Waals surface area contributed by atoms with E-state index in [0.29, 0.717) is 35.7 Å². The summed E-state index contributed by atoms with van der Waals surface area (Å²) in [5.41, 5.74) is 0.291. The summed E-state index contributed by atoms with van der Waals surface area (Å²) in [6.45, 7) is 5.65. The Balaban J connectivity index is 2.39. The molecule has 0 unspecified atom stereocenters. The van der Waals surface area contributed by atoms with Gasteiger partial charge in [-0.3, -0.25) is 4.79 Å². The number of rotatable bonds is 6. The van der Waals surface area contributed by atoms with Gasteiger partial charge in [-0.25, -0.2) is 4.39 Å². The topological polar surface area (TPSA) is 38.3 Å². The zero-order chi connectivity index (χ0) is 13.5. The number of amides is 1. The van der Waals surface area contributed by atoms with Gasteiger partial charge in [0.2, 0.25) is 0 Å². The Kier molecular flexibility index (Phi) is 6.29. The Labute approximate surface area is 115 Å². The van der Waals surface area contributed by atoms with Crippen molar-refractivity contribution in [1.29, 1.82) is 0 Å². The Morgan fingerprint density at radius 1 is 1.50 bits per heavy atom. The second-order valence-corrected chi connectivity index (χ2v) is 5.20. The van der Waals surface area contributed by atoms with E-state index in [-0.39, 0.29) is 5.91 Å². The van der Waals surface area contributed by atoms with Crippen LogP contribution in [0, 0.1) is 11.7 Å². The third kappa shape index (κ3) is 5.14. The van der Waals surface area contributed by atoms with Crippen LogP contribution in [0.1, 0.15) is 24.2 Å². The van der Waals surface area contributed by atoms with Crippen LogP contribution in [0.15, 0.2) is 22.7 Å². The molecule has 0 aliphatic rings. The fraction of sp³-hybridized carbons (Fsp3) is 0.462. The van der Waals surface area contributed by atoms with Crippen LogP contribution < -0.4 is 5.32 Å². The van der Waals surface area contributed by atoms with Crippen LogP contribution >= 0.6 is 15.9 Å². The molecule has 0 atom stereocenters. The van der Waals surface area contributed by atoms with Crippen molar-refractivity contribution in [2.45, 2.75) is 13.8 Å². The summed E-state index contributed by atoms with van der Waals surface area (Å²) in [6, 6.07) is 4.01. The molecule has 1 aromatic rings. The number of halogens is 2. The Hall–Kier alpha value is -0.940. The minimum absolute atomic E-state index is 0.291. The molecular weight excluding hydrogens is 301 g/mol. The summed E-state index contributed by atoms with van der Waals surface area (Å²) in [4.78, 5) is 11.8. The molecule has 5 heteroatoms. The highest BCUT2D eigenvalue weighted by Gasteiger charge is 2.10. The predicted octanol–water partition coefficient (Wildman–Crippen LogP) is 2.99. The predicted molar refractivity (Wildman–Crippen MR) is 72.1 cm³/mol. The van der Waals surface area contributed by atoms with Crippen LogP contribution in [0.2, 0.25) is 0 Å². The molecule has 1 N–H and O–H groups in total. The van der Waals surface area contributed by atoms with Crippen LogP contribution in [0.25, 0.3) is 0 Å². The van der Waals surface area contributed by atoms with Gasteiger partial charge in [-0.1, -0.05) is 13.8 Å². The quantitative estimate of drug-likeness (QED) is 0.819. The van der Waals surface area contributed by atoms with Gasteiger partial charge in [0.25, 0.3) is 5.91 Å². The van der Waals surface area contributed by atoms with Crippen LogP contribution in [0.4, 0.5) is 4.39 Å². The summed E-state index contributed by atoms with van der Waals surface area (Å²) < 4.78 is 18.9. The number of carbonyl (C=O) groups is 1. The molecule has 0 bridgehead atoms. The van der Waals surface area contributed by atoms with Crippen LogP contribution in [-0.2, 0) is 4.74 Å². The third-order valence-corrected chi connectivity index (χ3v) is 2.85. The van der Waals surface area contributed by atoms with Crippen molar-refractivity contribution in [3.63, 3.8) is 0 Å². The first-order valence-corrected chi connectivity index (χ1v) is 6.61. The zero-order valence-corrected chi connectivity index (χ0v) is 12.1. The first-order chi connectivity index (χ1) is 8.50. The van der Waals surface area contributed by atoms with E-state index in [4.69, 9.17) is 4.74 Å². The molecule has 0 spiro atoms. The lowest BCUT2D eigenvalue weighted by molar-refractivity contribution is 0.0885. The Bertz CT molecular complexity index is 410. The maximum Gasteiger partial charge on any atom is 0.252 e. The second-order valence-electron chi connectivity index (χ2n) is 4.35. The van der Waals surface area contributed by atoms with Gasteiger partial charge in [-0.05, 0) is 40.0 Å². The zero-order valence-electron chi connectivity index (χ0n) is 10.5. The highest BCUT2D eigenvalue weighted by atomic mass is 79.9. The third-order valence-electron chi connectivity index (χ3n) is 2.16. The number of hydrogen-bond acceptors (Lipinski definition) is 2. The van der Waals surface area contributed by atoms with E-state index < -0.39 is 5.82 Å². The average Bonchev–Trinajstić information content (AvgIpc) is 2.31. The molecule has 3 nitrogen and oxygen atoms in total. The molecule has 1 aromatic carbocycles. The molecular formula is C13H17BrFNO2. The minimum atomic E-state index is -0.431. The lowest BCUT2D eigenvalue weighted by Gasteiger charge is -2.09. The van der Waals surface area contributed by atoms with Crippen LogP contribution in [0.5, 0.6) is 0 Å². The van der Waals surface area contributed by atoms with Crippen molar-refractivity contribution in [2.75, 3.05) is 19.8 Å². The molecule has 0 heterocycles. The van der Waals surface area contributed by atoms with E-state index in [1.807, 2.05) is 0 Å². The van der Waals surface area contributed by atoms with E-state index in [1.165, 1.54) is 18.2 Å². The van der Waals surface area contributed by atoms with E-state index >= 15 is 0 Å². The monoisotopic (exact) mass is 317 g/mol. The second kappa shape index (κ2) is 7.48. The van der Waals surface area contributed by atoms with Crippen molar-refractivity contribution >= 4 is 21.8 Å². The van der Waals surface area contributed by atoms with Gasteiger partial charge in [-0.15, -0.1) is 0 Å². The maximum absolute atomic E-state index is 13.0. The van der Waals surface area contributed by atoms with E-state index in [0.717, 1.165) is 0 Å². The van der Waals surface area contributed by atoms with E-state index in [9.17, 15) is 9.18 Å². The SMILES string of the molecule is CC(C)COCCNC(=O)c1cc(F)ccc1Br. The highest BCUT2D eigenvalue weighted by molar-refractivity contribution is 9.10. The molecule has 0 radical (unpaired) electrons. The molecule has 0 saturated carbocycles. The molecule has 0 aliphatic carbocycles. The standard InChI is InChI=1S/C13H17BrFNO2/c1-9(2)8-18-6-5-16-13(17)11-7-10(15)3-4-12(11)14/h3-4,7,9H,5-6,8H2,1-2H3,(H,16,17). The fourth-order valence-electron chi connectivity index (χ4n) is 1.32. The number of carbonyl (C=O) groups excluding carboxylic acids is 1. The summed E-state index contributed by atoms with van der Waals surface area (Å²) >= 11 is 3.21. The molecule has 18 heavy (non-hydrogen) atoms. The maximum atomic E-state index is 13.0. The molecule has 1 rings (SSSR count). The van der Waals surface area contributed by atoms with Crippen molar-refractivity contribution in [3.8, 4) is 0 Å². The Morgan fingerprint density at radius 2 is 2.22 bits per heavy atom. The summed E-state index contributed by atoms with van der Waals surface area (Å²) in [5.74, 6) is -0.271. The smallest absolute Gasteiger partial charge is 0.252 e. The Morgan fingerprint density at radius 3 is 2.89 bits per heavy atom. The van der Waals surface area contributed by atoms with E-state index in [2.05, 4.69) is 35.1 Å². The van der Waals surface area contributed by atoms with Gasteiger partial charge < -0.3 is 10.1 Å². The normalized spacial score (nSPS) is 10.7. The van der Waals surface area contributed by atoms with Crippen LogP contribution in [0.3, 0.4) is 0 Å². The van der Waals surface area contributed by atoms with Crippen molar-refractivity contribution in [1.82, 2.24) is 5.32 Å². The molecule has 0 aromatic heterocycles. The van der Waals surface area contributed by atoms with Crippen molar-refractivity contribution < 1.29 is 13.9 Å². The fourth-order valence-corrected chi connectivity index (χ4v) is 1.75. The first-order valence-electron chi connectivity index (χ1n) is 5.81. The van der Waals surface area contributed by atoms with Gasteiger partial charge in [0.05, 0.1) is 12.2 Å². The molecule has 1 amide bonds. The summed E-state index contributed by atoms with van der Waals surface area (Å²) in [6.07, 6.45) is 0. The number of benzene rings is 1. The van der Waals surface area contributed by atoms with Crippen molar-refractivity contribution in [2.24, 2.45) is 5.92 Å². The highest BCUT2D eigenvalue weighted by Crippen LogP contribution is 2.17. The van der Waals surface area contributed by atoms with E-state index in [1.54, 1.807) is 0 Å². The van der Waals surface area contributed by atoms with Gasteiger partial charge in [0, 0.05) is 17.6 Å². The van der Waals surface area contributed by atoms with Gasteiger partial charge in [0.15, 0.2) is 0 Å². The molecule has 100 valence electrons. The number of ether oxygens (including phenoxy) is 1. The lowest BCUT2D eigenvalue weighted by Crippen LogP contribution is -2.28. The van der Waals surface area contributed by atoms with Gasteiger partial charge >= 0.3 is 0 Å². The molecule has 0 aliphatic heterocycles. The lowest BCUT2D eigenvalue weighted by atomic mass is 10.2. The average molecular weight is 318 g/mol. The largest absolute Gasteiger partial charge is 0.379 e. The van der Waals surface area contributed by atoms with Crippen molar-refractivity contribution in [3.05, 3.63) is 34.1 Å². The summed E-state index contributed by atoms with van der Waals surface area (Å²) in [5, 5.41) is 2.68. The minimum Gasteiger partial charge on any atom is -0.379 e. The molecule has 0 fully saturated rings. The van der Waals surface area contributed by atoms with Gasteiger partial charge in [0.1, 0.15) is 5.82 Å². The van der Waals surface area contributed by atoms with Gasteiger partial charge in [-0.2, -0.15) is 0 Å². The molecule has 0 saturated heterocycles.